The number of rotatable bonds is 2. The summed E-state index contributed by atoms with van der Waals surface area (Å²) < 4.78 is 10.4. The molecule has 3 aliphatic rings. The van der Waals surface area contributed by atoms with Crippen LogP contribution >= 0.6 is 0 Å². The van der Waals surface area contributed by atoms with Crippen molar-refractivity contribution in [2.45, 2.75) is 56.7 Å². The van der Waals surface area contributed by atoms with Crippen LogP contribution in [-0.4, -0.2) is 46.7 Å². The van der Waals surface area contributed by atoms with Gasteiger partial charge in [0.15, 0.2) is 0 Å². The second-order valence-corrected chi connectivity index (χ2v) is 4.91. The molecule has 2 heterocycles. The first kappa shape index (κ1) is 11.2. The fourth-order valence-corrected chi connectivity index (χ4v) is 2.82. The zero-order chi connectivity index (χ0) is 12.2. The summed E-state index contributed by atoms with van der Waals surface area (Å²) in [4.78, 5) is 11.8. The second kappa shape index (κ2) is 3.80. The van der Waals surface area contributed by atoms with E-state index < -0.39 is 24.3 Å². The third-order valence-electron chi connectivity index (χ3n) is 3.73. The van der Waals surface area contributed by atoms with Crippen molar-refractivity contribution in [3.05, 3.63) is 11.1 Å². The molecular weight excluding hydrogens is 224 g/mol. The van der Waals surface area contributed by atoms with Gasteiger partial charge in [-0.1, -0.05) is 13.3 Å². The van der Waals surface area contributed by atoms with E-state index in [0.29, 0.717) is 12.0 Å². The third kappa shape index (κ3) is 1.61. The summed E-state index contributed by atoms with van der Waals surface area (Å²) in [5, 5.41) is 20.0. The van der Waals surface area contributed by atoms with Crippen LogP contribution in [0.5, 0.6) is 0 Å². The lowest BCUT2D eigenvalue weighted by Gasteiger charge is -2.32. The van der Waals surface area contributed by atoms with E-state index in [9.17, 15) is 15.0 Å². The minimum Gasteiger partial charge on any atom is -0.459 e. The maximum atomic E-state index is 11.8. The summed E-state index contributed by atoms with van der Waals surface area (Å²) in [7, 11) is 0. The average molecular weight is 240 g/mol. The van der Waals surface area contributed by atoms with Crippen LogP contribution < -0.4 is 0 Å². The van der Waals surface area contributed by atoms with Gasteiger partial charge in [-0.3, -0.25) is 0 Å². The Morgan fingerprint density at radius 1 is 1.29 bits per heavy atom. The fraction of sp³-hybridized carbons (Fsp3) is 0.750. The van der Waals surface area contributed by atoms with Crippen LogP contribution in [0.3, 0.4) is 0 Å². The van der Waals surface area contributed by atoms with E-state index in [1.165, 1.54) is 0 Å². The van der Waals surface area contributed by atoms with E-state index in [0.717, 1.165) is 12.8 Å². The van der Waals surface area contributed by atoms with Crippen LogP contribution in [0.25, 0.3) is 0 Å². The highest BCUT2D eigenvalue weighted by Gasteiger charge is 2.58. The smallest absolute Gasteiger partial charge is 0.337 e. The zero-order valence-corrected chi connectivity index (χ0v) is 9.63. The largest absolute Gasteiger partial charge is 0.459 e. The van der Waals surface area contributed by atoms with Gasteiger partial charge in [-0.05, 0) is 12.0 Å². The van der Waals surface area contributed by atoms with E-state index in [-0.39, 0.29) is 17.8 Å². The highest BCUT2D eigenvalue weighted by atomic mass is 16.6. The van der Waals surface area contributed by atoms with Gasteiger partial charge in [-0.25, -0.2) is 4.79 Å². The predicted molar refractivity (Wildman–Crippen MR) is 57.1 cm³/mol. The number of hydrogen-bond acceptors (Lipinski definition) is 5. The number of aliphatic hydroxyl groups excluding tert-OH is 2. The van der Waals surface area contributed by atoms with Gasteiger partial charge in [0.25, 0.3) is 0 Å². The molecule has 2 N–H and O–H groups in total. The Labute approximate surface area is 99.0 Å². The normalized spacial score (nSPS) is 43.9. The molecule has 0 spiro atoms. The lowest BCUT2D eigenvalue weighted by Crippen LogP contribution is -2.43. The molecular formula is C12H16O5. The molecule has 3 rings (SSSR count). The fourth-order valence-electron chi connectivity index (χ4n) is 2.82. The second-order valence-electron chi connectivity index (χ2n) is 4.91. The van der Waals surface area contributed by atoms with Crippen molar-refractivity contribution in [2.75, 3.05) is 0 Å². The number of cyclic esters (lactones) is 1. The first-order valence-corrected chi connectivity index (χ1v) is 6.09. The van der Waals surface area contributed by atoms with Crippen LogP contribution in [0.2, 0.25) is 0 Å². The molecule has 0 amide bonds. The number of esters is 1. The molecule has 1 fully saturated rings. The number of carbonyl (C=O) groups excluding carboxylic acids is 1. The number of aliphatic hydroxyl groups is 2. The molecule has 5 heteroatoms. The van der Waals surface area contributed by atoms with Crippen molar-refractivity contribution < 1.29 is 24.5 Å². The van der Waals surface area contributed by atoms with Crippen LogP contribution in [-0.2, 0) is 14.3 Å². The standard InChI is InChI=1S/C12H16O5/c1-2-3-5-4-6-7(12(15)16-5)9(14)11-10(17-11)8(6)13/h5,8-11,13-14H,2-4H2,1H3/t5-,8+,9-,10-,11+/m1/s1. The first-order chi connectivity index (χ1) is 8.13. The number of hydrogen-bond donors (Lipinski definition) is 2. The Kier molecular flexibility index (Phi) is 2.50. The van der Waals surface area contributed by atoms with E-state index in [4.69, 9.17) is 9.47 Å². The van der Waals surface area contributed by atoms with Crippen molar-refractivity contribution in [3.63, 3.8) is 0 Å². The molecule has 94 valence electrons. The third-order valence-corrected chi connectivity index (χ3v) is 3.73. The minimum absolute atomic E-state index is 0.177. The SMILES string of the molecule is CCC[C@@H]1CC2=C(C(=O)O1)[C@@H](O)[C@@H]1O[C@@H]1[C@H]2O. The molecule has 2 aliphatic heterocycles. The van der Waals surface area contributed by atoms with Gasteiger partial charge in [-0.15, -0.1) is 0 Å². The van der Waals surface area contributed by atoms with Crippen molar-refractivity contribution in [3.8, 4) is 0 Å². The Bertz CT molecular complexity index is 388. The Morgan fingerprint density at radius 2 is 2.00 bits per heavy atom. The number of epoxide rings is 1. The van der Waals surface area contributed by atoms with Crippen molar-refractivity contribution >= 4 is 5.97 Å². The van der Waals surface area contributed by atoms with Gasteiger partial charge >= 0.3 is 5.97 Å². The summed E-state index contributed by atoms with van der Waals surface area (Å²) in [5.74, 6) is -0.495. The maximum absolute atomic E-state index is 11.8. The van der Waals surface area contributed by atoms with Crippen LogP contribution in [0.1, 0.15) is 26.2 Å². The quantitative estimate of drug-likeness (QED) is 0.520. The van der Waals surface area contributed by atoms with E-state index in [1.807, 2.05) is 6.92 Å². The van der Waals surface area contributed by atoms with Gasteiger partial charge < -0.3 is 19.7 Å². The highest BCUT2D eigenvalue weighted by molar-refractivity contribution is 5.92. The van der Waals surface area contributed by atoms with Crippen molar-refractivity contribution in [2.24, 2.45) is 0 Å². The molecule has 5 atom stereocenters. The first-order valence-electron chi connectivity index (χ1n) is 6.09. The zero-order valence-electron chi connectivity index (χ0n) is 9.63. The summed E-state index contributed by atoms with van der Waals surface area (Å²) in [6.45, 7) is 2.02. The van der Waals surface area contributed by atoms with Crippen LogP contribution in [0, 0.1) is 0 Å². The average Bonchev–Trinajstić information content (AvgIpc) is 3.06. The van der Waals surface area contributed by atoms with Gasteiger partial charge in [0.05, 0.1) is 5.57 Å². The Hall–Kier alpha value is -0.910. The number of fused-ring (bicyclic) bond motifs is 1. The van der Waals surface area contributed by atoms with Crippen LogP contribution in [0.15, 0.2) is 11.1 Å². The molecule has 0 aromatic heterocycles. The molecule has 17 heavy (non-hydrogen) atoms. The van der Waals surface area contributed by atoms with E-state index in [2.05, 4.69) is 0 Å². The highest BCUT2D eigenvalue weighted by Crippen LogP contribution is 2.44. The monoisotopic (exact) mass is 240 g/mol. The van der Waals surface area contributed by atoms with Gasteiger partial charge in [0.2, 0.25) is 0 Å². The molecule has 0 aromatic carbocycles. The molecule has 5 nitrogen and oxygen atoms in total. The lowest BCUT2D eigenvalue weighted by atomic mass is 9.82. The maximum Gasteiger partial charge on any atom is 0.337 e. The lowest BCUT2D eigenvalue weighted by molar-refractivity contribution is -0.148. The summed E-state index contributed by atoms with van der Waals surface area (Å²) in [6, 6.07) is 0. The van der Waals surface area contributed by atoms with Gasteiger partial charge in [0, 0.05) is 6.42 Å². The Morgan fingerprint density at radius 3 is 2.71 bits per heavy atom. The summed E-state index contributed by atoms with van der Waals surface area (Å²) >= 11 is 0. The van der Waals surface area contributed by atoms with Crippen LogP contribution in [0.4, 0.5) is 0 Å². The minimum atomic E-state index is -0.937. The molecule has 0 radical (unpaired) electrons. The molecule has 1 saturated heterocycles. The topological polar surface area (TPSA) is 79.3 Å². The number of carbonyl (C=O) groups is 1. The predicted octanol–water partition coefficient (Wildman–Crippen LogP) is -0.0986. The molecule has 1 aliphatic carbocycles. The summed E-state index contributed by atoms with van der Waals surface area (Å²) in [5.41, 5.74) is 0.842. The van der Waals surface area contributed by atoms with E-state index in [1.54, 1.807) is 0 Å². The molecule has 0 aromatic rings. The van der Waals surface area contributed by atoms with Gasteiger partial charge in [-0.2, -0.15) is 0 Å². The van der Waals surface area contributed by atoms with Gasteiger partial charge in [0.1, 0.15) is 30.5 Å². The Balaban J connectivity index is 1.91. The molecule has 0 saturated carbocycles. The van der Waals surface area contributed by atoms with Crippen molar-refractivity contribution in [1.82, 2.24) is 0 Å². The molecule has 0 unspecified atom stereocenters. The summed E-state index contributed by atoms with van der Waals surface area (Å²) in [6.07, 6.45) is -0.430. The molecule has 0 bridgehead atoms. The number of ether oxygens (including phenoxy) is 2. The van der Waals surface area contributed by atoms with Crippen molar-refractivity contribution in [1.29, 1.82) is 0 Å². The van der Waals surface area contributed by atoms with E-state index >= 15 is 0 Å².